The zero-order valence-corrected chi connectivity index (χ0v) is 10.5. The van der Waals surface area contributed by atoms with Crippen molar-refractivity contribution in [2.24, 2.45) is 11.1 Å². The molecule has 0 heterocycles. The van der Waals surface area contributed by atoms with Crippen molar-refractivity contribution in [2.45, 2.75) is 64.6 Å². The van der Waals surface area contributed by atoms with Crippen LogP contribution in [0, 0.1) is 5.41 Å². The number of nitrogens with one attached hydrogen (secondary N) is 1. The lowest BCUT2D eigenvalue weighted by Crippen LogP contribution is -2.54. The Balaban J connectivity index is 2.50. The van der Waals surface area contributed by atoms with Gasteiger partial charge in [0.05, 0.1) is 18.2 Å². The quantitative estimate of drug-likeness (QED) is 0.654. The summed E-state index contributed by atoms with van der Waals surface area (Å²) in [6, 6.07) is -0.642. The molecule has 4 heteroatoms. The van der Waals surface area contributed by atoms with Gasteiger partial charge in [0.15, 0.2) is 0 Å². The second-order valence-corrected chi connectivity index (χ2v) is 5.81. The van der Waals surface area contributed by atoms with Gasteiger partial charge in [-0.3, -0.25) is 4.79 Å². The minimum Gasteiger partial charge on any atom is -0.391 e. The van der Waals surface area contributed by atoms with Crippen molar-refractivity contribution in [1.29, 1.82) is 0 Å². The number of aliphatic hydroxyl groups is 1. The van der Waals surface area contributed by atoms with Crippen molar-refractivity contribution in [2.75, 3.05) is 0 Å². The summed E-state index contributed by atoms with van der Waals surface area (Å²) in [6.45, 7) is 5.82. The molecule has 1 rings (SSSR count). The summed E-state index contributed by atoms with van der Waals surface area (Å²) in [5.41, 5.74) is 5.62. The normalized spacial score (nSPS) is 28.6. The van der Waals surface area contributed by atoms with Crippen LogP contribution in [0.5, 0.6) is 0 Å². The third kappa shape index (κ3) is 3.46. The number of rotatable bonds is 2. The lowest BCUT2D eigenvalue weighted by Gasteiger charge is -2.32. The average Bonchev–Trinajstić information content (AvgIpc) is 2.19. The standard InChI is InChI=1S/C12H24N2O2/c1-12(2,3)10(13)11(16)14-8-6-4-5-7-9(8)15/h8-10,15H,4-7,13H2,1-3H3,(H,14,16)/t8-,9-,10?/m0/s1. The smallest absolute Gasteiger partial charge is 0.237 e. The number of carbonyl (C=O) groups excluding carboxylic acids is 1. The molecule has 0 aromatic heterocycles. The number of hydrogen-bond donors (Lipinski definition) is 3. The summed E-state index contributed by atoms with van der Waals surface area (Å²) >= 11 is 0. The van der Waals surface area contributed by atoms with Gasteiger partial charge in [-0.2, -0.15) is 0 Å². The average molecular weight is 228 g/mol. The fraction of sp³-hybridized carbons (Fsp3) is 0.917. The predicted molar refractivity (Wildman–Crippen MR) is 63.8 cm³/mol. The highest BCUT2D eigenvalue weighted by atomic mass is 16.3. The van der Waals surface area contributed by atoms with Crippen molar-refractivity contribution in [1.82, 2.24) is 5.32 Å². The Labute approximate surface area is 97.6 Å². The molecule has 1 saturated carbocycles. The van der Waals surface area contributed by atoms with Crippen molar-refractivity contribution in [3.05, 3.63) is 0 Å². The molecule has 1 aliphatic carbocycles. The zero-order valence-electron chi connectivity index (χ0n) is 10.5. The Hall–Kier alpha value is -0.610. The highest BCUT2D eigenvalue weighted by Crippen LogP contribution is 2.21. The molecule has 3 atom stereocenters. The van der Waals surface area contributed by atoms with Crippen molar-refractivity contribution >= 4 is 5.91 Å². The molecule has 1 unspecified atom stereocenters. The Morgan fingerprint density at radius 3 is 2.44 bits per heavy atom. The van der Waals surface area contributed by atoms with Gasteiger partial charge in [0, 0.05) is 0 Å². The van der Waals surface area contributed by atoms with E-state index in [-0.39, 0.29) is 17.4 Å². The topological polar surface area (TPSA) is 75.4 Å². The van der Waals surface area contributed by atoms with E-state index >= 15 is 0 Å². The molecule has 0 aliphatic heterocycles. The Morgan fingerprint density at radius 1 is 1.38 bits per heavy atom. The molecular formula is C12H24N2O2. The zero-order chi connectivity index (χ0) is 12.3. The van der Waals surface area contributed by atoms with Gasteiger partial charge in [0.25, 0.3) is 0 Å². The number of aliphatic hydroxyl groups excluding tert-OH is 1. The van der Waals surface area contributed by atoms with Gasteiger partial charge in [0.2, 0.25) is 5.91 Å². The van der Waals surface area contributed by atoms with Gasteiger partial charge >= 0.3 is 0 Å². The first kappa shape index (κ1) is 13.5. The van der Waals surface area contributed by atoms with Crippen LogP contribution in [0.4, 0.5) is 0 Å². The second-order valence-electron chi connectivity index (χ2n) is 5.81. The SMILES string of the molecule is CC(C)(C)C(N)C(=O)N[C@H]1CCCC[C@@H]1O. The van der Waals surface area contributed by atoms with Crippen LogP contribution in [0.25, 0.3) is 0 Å². The summed E-state index contributed by atoms with van der Waals surface area (Å²) in [5.74, 6) is -0.154. The number of nitrogens with two attached hydrogens (primary N) is 1. The maximum absolute atomic E-state index is 11.9. The molecule has 0 spiro atoms. The molecule has 0 saturated heterocycles. The van der Waals surface area contributed by atoms with E-state index in [0.29, 0.717) is 0 Å². The van der Waals surface area contributed by atoms with Crippen molar-refractivity contribution in [3.8, 4) is 0 Å². The largest absolute Gasteiger partial charge is 0.391 e. The molecule has 4 N–H and O–H groups in total. The van der Waals surface area contributed by atoms with Crippen LogP contribution >= 0.6 is 0 Å². The number of amides is 1. The van der Waals surface area contributed by atoms with Crippen LogP contribution in [0.15, 0.2) is 0 Å². The Bertz CT molecular complexity index is 248. The molecule has 1 fully saturated rings. The van der Waals surface area contributed by atoms with Gasteiger partial charge < -0.3 is 16.2 Å². The summed E-state index contributed by atoms with van der Waals surface area (Å²) in [7, 11) is 0. The molecule has 0 bridgehead atoms. The highest BCUT2D eigenvalue weighted by Gasteiger charge is 2.31. The first-order valence-electron chi connectivity index (χ1n) is 6.06. The van der Waals surface area contributed by atoms with Crippen LogP contribution in [0.1, 0.15) is 46.5 Å². The van der Waals surface area contributed by atoms with Crippen molar-refractivity contribution < 1.29 is 9.90 Å². The van der Waals surface area contributed by atoms with E-state index in [4.69, 9.17) is 5.73 Å². The molecule has 16 heavy (non-hydrogen) atoms. The van der Waals surface area contributed by atoms with Gasteiger partial charge in [-0.1, -0.05) is 33.6 Å². The van der Waals surface area contributed by atoms with E-state index in [1.807, 2.05) is 20.8 Å². The molecule has 1 amide bonds. The molecule has 94 valence electrons. The number of hydrogen-bond acceptors (Lipinski definition) is 3. The molecule has 0 aromatic carbocycles. The van der Waals surface area contributed by atoms with E-state index < -0.39 is 12.1 Å². The first-order valence-corrected chi connectivity index (χ1v) is 6.06. The summed E-state index contributed by atoms with van der Waals surface area (Å²) in [5, 5.41) is 12.6. The molecule has 1 aliphatic rings. The first-order chi connectivity index (χ1) is 7.32. The van der Waals surface area contributed by atoms with Crippen LogP contribution < -0.4 is 11.1 Å². The van der Waals surface area contributed by atoms with Crippen LogP contribution in [-0.2, 0) is 4.79 Å². The van der Waals surface area contributed by atoms with Gasteiger partial charge in [-0.15, -0.1) is 0 Å². The fourth-order valence-corrected chi connectivity index (χ4v) is 1.95. The van der Waals surface area contributed by atoms with E-state index in [2.05, 4.69) is 5.32 Å². The lowest BCUT2D eigenvalue weighted by atomic mass is 9.86. The van der Waals surface area contributed by atoms with Gasteiger partial charge in [-0.25, -0.2) is 0 Å². The highest BCUT2D eigenvalue weighted by molar-refractivity contribution is 5.82. The molecular weight excluding hydrogens is 204 g/mol. The third-order valence-corrected chi connectivity index (χ3v) is 3.27. The molecule has 0 aromatic rings. The van der Waals surface area contributed by atoms with Crippen LogP contribution in [0.3, 0.4) is 0 Å². The van der Waals surface area contributed by atoms with Gasteiger partial charge in [-0.05, 0) is 18.3 Å². The van der Waals surface area contributed by atoms with Crippen LogP contribution in [0.2, 0.25) is 0 Å². The second kappa shape index (κ2) is 5.15. The maximum Gasteiger partial charge on any atom is 0.237 e. The Kier molecular flexibility index (Phi) is 4.33. The lowest BCUT2D eigenvalue weighted by molar-refractivity contribution is -0.126. The van der Waals surface area contributed by atoms with E-state index in [1.54, 1.807) is 0 Å². The summed E-state index contributed by atoms with van der Waals surface area (Å²) < 4.78 is 0. The summed E-state index contributed by atoms with van der Waals surface area (Å²) in [6.07, 6.45) is 3.32. The predicted octanol–water partition coefficient (Wildman–Crippen LogP) is 0.779. The van der Waals surface area contributed by atoms with E-state index in [9.17, 15) is 9.90 Å². The molecule has 0 radical (unpaired) electrons. The van der Waals surface area contributed by atoms with E-state index in [1.165, 1.54) is 0 Å². The van der Waals surface area contributed by atoms with Gasteiger partial charge in [0.1, 0.15) is 0 Å². The minimum atomic E-state index is -0.526. The van der Waals surface area contributed by atoms with Crippen LogP contribution in [-0.4, -0.2) is 29.2 Å². The minimum absolute atomic E-state index is 0.116. The maximum atomic E-state index is 11.9. The Morgan fingerprint density at radius 2 is 1.94 bits per heavy atom. The monoisotopic (exact) mass is 228 g/mol. The third-order valence-electron chi connectivity index (χ3n) is 3.27. The summed E-state index contributed by atoms with van der Waals surface area (Å²) in [4.78, 5) is 11.9. The van der Waals surface area contributed by atoms with E-state index in [0.717, 1.165) is 25.7 Å². The number of carbonyl (C=O) groups is 1. The fourth-order valence-electron chi connectivity index (χ4n) is 1.95. The van der Waals surface area contributed by atoms with Crippen molar-refractivity contribution in [3.63, 3.8) is 0 Å². The molecule has 4 nitrogen and oxygen atoms in total.